The van der Waals surface area contributed by atoms with Crippen LogP contribution in [0.4, 0.5) is 18.9 Å². The lowest BCUT2D eigenvalue weighted by molar-refractivity contribution is -0.137. The molecule has 11 heteroatoms. The van der Waals surface area contributed by atoms with Crippen molar-refractivity contribution in [2.24, 2.45) is 0 Å². The average Bonchev–Trinajstić information content (AvgIpc) is 2.81. The first-order valence-corrected chi connectivity index (χ1v) is 12.6. The summed E-state index contributed by atoms with van der Waals surface area (Å²) in [5.74, 6) is -0.314. The van der Waals surface area contributed by atoms with Crippen molar-refractivity contribution >= 4 is 21.6 Å². The summed E-state index contributed by atoms with van der Waals surface area (Å²) in [7, 11) is -4.12. The molecule has 0 unspecified atom stereocenters. The molecule has 1 saturated heterocycles. The van der Waals surface area contributed by atoms with Crippen molar-refractivity contribution in [2.75, 3.05) is 50.5 Å². The summed E-state index contributed by atoms with van der Waals surface area (Å²) < 4.78 is 65.8. The van der Waals surface area contributed by atoms with E-state index in [-0.39, 0.29) is 16.5 Å². The second-order valence-electron chi connectivity index (χ2n) is 8.09. The highest BCUT2D eigenvalue weighted by Crippen LogP contribution is 2.31. The van der Waals surface area contributed by atoms with Gasteiger partial charge < -0.3 is 15.1 Å². The van der Waals surface area contributed by atoms with Gasteiger partial charge in [0.1, 0.15) is 0 Å². The van der Waals surface area contributed by atoms with Crippen molar-refractivity contribution in [1.82, 2.24) is 15.1 Å². The van der Waals surface area contributed by atoms with E-state index in [2.05, 4.69) is 26.8 Å². The molecule has 1 heterocycles. The minimum absolute atomic E-state index is 0.160. The van der Waals surface area contributed by atoms with Gasteiger partial charge >= 0.3 is 6.18 Å². The maximum Gasteiger partial charge on any atom is 0.416 e. The van der Waals surface area contributed by atoms with E-state index in [1.54, 1.807) is 0 Å². The molecule has 2 aromatic rings. The summed E-state index contributed by atoms with van der Waals surface area (Å²) in [4.78, 5) is 17.0. The third-order valence-corrected chi connectivity index (χ3v) is 7.11. The van der Waals surface area contributed by atoms with Gasteiger partial charge in [-0.25, -0.2) is 8.42 Å². The largest absolute Gasteiger partial charge is 0.416 e. The standard InChI is InChI=1S/C23H29F3N4O3S/c1-2-29-13-15-30(16-14-29)12-4-11-27-22(31)18-7-9-21(10-8-18)34(32,33)28-20-6-3-5-19(17-20)23(24,25)26/h3,5-10,17,28H,2,4,11-16H2,1H3,(H,27,31). The molecule has 7 nitrogen and oxygen atoms in total. The van der Waals surface area contributed by atoms with Gasteiger partial charge in [-0.2, -0.15) is 13.2 Å². The Kier molecular flexibility index (Phi) is 8.56. The summed E-state index contributed by atoms with van der Waals surface area (Å²) in [5.41, 5.74) is -0.856. The Labute approximate surface area is 198 Å². The van der Waals surface area contributed by atoms with Gasteiger partial charge in [-0.3, -0.25) is 9.52 Å². The van der Waals surface area contributed by atoms with Crippen molar-refractivity contribution in [3.05, 3.63) is 59.7 Å². The van der Waals surface area contributed by atoms with Crippen molar-refractivity contribution in [3.63, 3.8) is 0 Å². The Morgan fingerprint density at radius 1 is 1.00 bits per heavy atom. The Morgan fingerprint density at radius 3 is 2.26 bits per heavy atom. The lowest BCUT2D eigenvalue weighted by Gasteiger charge is -2.33. The molecule has 1 aliphatic rings. The van der Waals surface area contributed by atoms with Gasteiger partial charge in [0, 0.05) is 44.0 Å². The quantitative estimate of drug-likeness (QED) is 0.519. The van der Waals surface area contributed by atoms with E-state index in [0.29, 0.717) is 12.1 Å². The van der Waals surface area contributed by atoms with Crippen LogP contribution in [0.3, 0.4) is 0 Å². The molecular formula is C23H29F3N4O3S. The molecule has 0 radical (unpaired) electrons. The minimum Gasteiger partial charge on any atom is -0.352 e. The van der Waals surface area contributed by atoms with Crippen molar-refractivity contribution in [3.8, 4) is 0 Å². The molecule has 3 rings (SSSR count). The molecular weight excluding hydrogens is 469 g/mol. The van der Waals surface area contributed by atoms with E-state index < -0.39 is 21.8 Å². The van der Waals surface area contributed by atoms with E-state index in [9.17, 15) is 26.4 Å². The van der Waals surface area contributed by atoms with Crippen LogP contribution in [-0.2, 0) is 16.2 Å². The number of alkyl halides is 3. The lowest BCUT2D eigenvalue weighted by atomic mass is 10.2. The summed E-state index contributed by atoms with van der Waals surface area (Å²) in [6.07, 6.45) is -3.77. The van der Waals surface area contributed by atoms with Gasteiger partial charge in [0.05, 0.1) is 10.5 Å². The van der Waals surface area contributed by atoms with Crippen molar-refractivity contribution in [2.45, 2.75) is 24.4 Å². The number of hydrogen-bond acceptors (Lipinski definition) is 5. The Morgan fingerprint density at radius 2 is 1.65 bits per heavy atom. The molecule has 2 N–H and O–H groups in total. The van der Waals surface area contributed by atoms with E-state index in [0.717, 1.165) is 63.9 Å². The van der Waals surface area contributed by atoms with Crippen LogP contribution >= 0.6 is 0 Å². The van der Waals surface area contributed by atoms with Crippen LogP contribution < -0.4 is 10.0 Å². The molecule has 2 aromatic carbocycles. The van der Waals surface area contributed by atoms with Gasteiger partial charge in [-0.1, -0.05) is 13.0 Å². The third kappa shape index (κ3) is 7.18. The molecule has 0 atom stereocenters. The average molecular weight is 499 g/mol. The Hall–Kier alpha value is -2.63. The summed E-state index contributed by atoms with van der Waals surface area (Å²) in [6, 6.07) is 9.19. The smallest absolute Gasteiger partial charge is 0.352 e. The maximum absolute atomic E-state index is 12.9. The number of rotatable bonds is 9. The number of sulfonamides is 1. The first-order chi connectivity index (χ1) is 16.1. The lowest BCUT2D eigenvalue weighted by Crippen LogP contribution is -2.46. The van der Waals surface area contributed by atoms with E-state index >= 15 is 0 Å². The number of anilines is 1. The number of halogens is 3. The second-order valence-corrected chi connectivity index (χ2v) is 9.78. The molecule has 1 amide bonds. The van der Waals surface area contributed by atoms with Gasteiger partial charge in [-0.05, 0) is 62.0 Å². The van der Waals surface area contributed by atoms with Crippen molar-refractivity contribution < 1.29 is 26.4 Å². The maximum atomic E-state index is 12.9. The number of likely N-dealkylation sites (N-methyl/N-ethyl adjacent to an activating group) is 1. The number of nitrogens with zero attached hydrogens (tertiary/aromatic N) is 2. The fraction of sp³-hybridized carbons (Fsp3) is 0.435. The van der Waals surface area contributed by atoms with Crippen LogP contribution in [0, 0.1) is 0 Å². The van der Waals surface area contributed by atoms with E-state index in [1.165, 1.54) is 30.3 Å². The van der Waals surface area contributed by atoms with Crippen LogP contribution in [0.15, 0.2) is 53.4 Å². The highest BCUT2D eigenvalue weighted by molar-refractivity contribution is 7.92. The number of hydrogen-bond donors (Lipinski definition) is 2. The predicted molar refractivity (Wildman–Crippen MR) is 124 cm³/mol. The fourth-order valence-electron chi connectivity index (χ4n) is 3.69. The Balaban J connectivity index is 1.50. The van der Waals surface area contributed by atoms with Gasteiger partial charge in [0.15, 0.2) is 0 Å². The topological polar surface area (TPSA) is 81.8 Å². The highest BCUT2D eigenvalue weighted by Gasteiger charge is 2.30. The van der Waals surface area contributed by atoms with Crippen LogP contribution in [0.5, 0.6) is 0 Å². The third-order valence-electron chi connectivity index (χ3n) is 5.72. The predicted octanol–water partition coefficient (Wildman–Crippen LogP) is 3.26. The molecule has 186 valence electrons. The number of nitrogens with one attached hydrogen (secondary N) is 2. The molecule has 0 bridgehead atoms. The SMILES string of the molecule is CCN1CCN(CCCNC(=O)c2ccc(S(=O)(=O)Nc3cccc(C(F)(F)F)c3)cc2)CC1. The molecule has 0 spiro atoms. The molecule has 0 aliphatic carbocycles. The number of carbonyl (C=O) groups excluding carboxylic acids is 1. The van der Waals surface area contributed by atoms with Crippen molar-refractivity contribution in [1.29, 1.82) is 0 Å². The second kappa shape index (κ2) is 11.2. The van der Waals surface area contributed by atoms with E-state index in [1.807, 2.05) is 0 Å². The molecule has 0 aromatic heterocycles. The Bertz CT molecular complexity index is 1070. The van der Waals surface area contributed by atoms with Crippen LogP contribution in [0.25, 0.3) is 0 Å². The number of benzene rings is 2. The zero-order valence-electron chi connectivity index (χ0n) is 18.9. The van der Waals surface area contributed by atoms with Gasteiger partial charge in [0.25, 0.3) is 15.9 Å². The summed E-state index contributed by atoms with van der Waals surface area (Å²) >= 11 is 0. The highest BCUT2D eigenvalue weighted by atomic mass is 32.2. The summed E-state index contributed by atoms with van der Waals surface area (Å²) in [5, 5.41) is 2.83. The van der Waals surface area contributed by atoms with Crippen LogP contribution in [0.1, 0.15) is 29.3 Å². The first kappa shape index (κ1) is 26.0. The number of piperazine rings is 1. The van der Waals surface area contributed by atoms with Crippen LogP contribution in [0.2, 0.25) is 0 Å². The molecule has 0 saturated carbocycles. The fourth-order valence-corrected chi connectivity index (χ4v) is 4.74. The number of carbonyl (C=O) groups is 1. The molecule has 1 aliphatic heterocycles. The normalized spacial score (nSPS) is 15.8. The first-order valence-electron chi connectivity index (χ1n) is 11.1. The van der Waals surface area contributed by atoms with Gasteiger partial charge in [-0.15, -0.1) is 0 Å². The zero-order valence-corrected chi connectivity index (χ0v) is 19.8. The van der Waals surface area contributed by atoms with Gasteiger partial charge in [0.2, 0.25) is 0 Å². The van der Waals surface area contributed by atoms with E-state index in [4.69, 9.17) is 0 Å². The summed E-state index contributed by atoms with van der Waals surface area (Å²) in [6.45, 7) is 8.77. The van der Waals surface area contributed by atoms with Crippen LogP contribution in [-0.4, -0.2) is 69.9 Å². The zero-order chi connectivity index (χ0) is 24.8. The molecule has 1 fully saturated rings. The minimum atomic E-state index is -4.58. The molecule has 34 heavy (non-hydrogen) atoms. The monoisotopic (exact) mass is 498 g/mol. The number of amides is 1.